The van der Waals surface area contributed by atoms with Gasteiger partial charge in [-0.05, 0) is 45.9 Å². The molecular formula is C20H22FN5O3. The van der Waals surface area contributed by atoms with E-state index in [1.807, 2.05) is 13.8 Å². The first-order valence-corrected chi connectivity index (χ1v) is 9.14. The number of aryl methyl sites for hydroxylation is 1. The van der Waals surface area contributed by atoms with Crippen molar-refractivity contribution < 1.29 is 18.7 Å². The Bertz CT molecular complexity index is 1060. The number of fused-ring (bicyclic) bond motifs is 1. The van der Waals surface area contributed by atoms with E-state index in [9.17, 15) is 14.0 Å². The fourth-order valence-electron chi connectivity index (χ4n) is 2.75. The average Bonchev–Trinajstić information content (AvgIpc) is 3.09. The number of nitrogens with zero attached hydrogens (tertiary/aromatic N) is 3. The molecule has 1 unspecified atom stereocenters. The van der Waals surface area contributed by atoms with Gasteiger partial charge in [0.2, 0.25) is 0 Å². The van der Waals surface area contributed by atoms with Crippen LogP contribution >= 0.6 is 0 Å². The van der Waals surface area contributed by atoms with Gasteiger partial charge in [0.15, 0.2) is 23.3 Å². The van der Waals surface area contributed by atoms with Crippen LogP contribution in [-0.4, -0.2) is 32.7 Å². The number of rotatable bonds is 5. The minimum atomic E-state index is -1.02. The number of carbonyl (C=O) groups is 2. The lowest BCUT2D eigenvalue weighted by Gasteiger charge is -2.16. The Hall–Kier alpha value is -3.49. The van der Waals surface area contributed by atoms with E-state index in [1.54, 1.807) is 29.9 Å². The molecule has 0 spiro atoms. The van der Waals surface area contributed by atoms with Gasteiger partial charge in [-0.15, -0.1) is 0 Å². The normalized spacial score (nSPS) is 12.1. The predicted octanol–water partition coefficient (Wildman–Crippen LogP) is 2.69. The molecule has 152 valence electrons. The second kappa shape index (κ2) is 8.26. The highest BCUT2D eigenvalue weighted by atomic mass is 19.1. The molecule has 2 N–H and O–H groups in total. The van der Waals surface area contributed by atoms with Crippen LogP contribution in [0.3, 0.4) is 0 Å². The Kier molecular flexibility index (Phi) is 5.76. The van der Waals surface area contributed by atoms with Crippen molar-refractivity contribution >= 4 is 22.8 Å². The number of hydrazine groups is 1. The van der Waals surface area contributed by atoms with Crippen LogP contribution in [0.15, 0.2) is 36.5 Å². The fourth-order valence-corrected chi connectivity index (χ4v) is 2.75. The van der Waals surface area contributed by atoms with Gasteiger partial charge in [-0.2, -0.15) is 5.10 Å². The van der Waals surface area contributed by atoms with Crippen LogP contribution in [0, 0.1) is 12.7 Å². The molecule has 0 saturated carbocycles. The van der Waals surface area contributed by atoms with Gasteiger partial charge in [-0.25, -0.2) is 14.1 Å². The maximum Gasteiger partial charge on any atom is 0.279 e. The van der Waals surface area contributed by atoms with Gasteiger partial charge in [0.25, 0.3) is 11.8 Å². The summed E-state index contributed by atoms with van der Waals surface area (Å²) in [6.45, 7) is 7.14. The standard InChI is InChI=1S/C20H22FN5O3/c1-11(2)26-18-14(10-22-26)9-15(12(3)23-18)20(28)25-24-19(27)13(4)29-17-8-6-5-7-16(17)21/h5-11,13H,1-4H3,(H,24,27)(H,25,28). The minimum absolute atomic E-state index is 0.0471. The molecule has 29 heavy (non-hydrogen) atoms. The van der Waals surface area contributed by atoms with Crippen molar-refractivity contribution in [1.29, 1.82) is 0 Å². The lowest BCUT2D eigenvalue weighted by Crippen LogP contribution is -2.47. The summed E-state index contributed by atoms with van der Waals surface area (Å²) in [5.74, 6) is -1.77. The number of pyridine rings is 1. The number of benzene rings is 1. The maximum atomic E-state index is 13.6. The van der Waals surface area contributed by atoms with Crippen LogP contribution in [0.5, 0.6) is 5.75 Å². The Balaban J connectivity index is 1.66. The van der Waals surface area contributed by atoms with Crippen LogP contribution in [0.4, 0.5) is 4.39 Å². The van der Waals surface area contributed by atoms with Crippen molar-refractivity contribution in [1.82, 2.24) is 25.6 Å². The zero-order chi connectivity index (χ0) is 21.1. The van der Waals surface area contributed by atoms with E-state index in [4.69, 9.17) is 4.74 Å². The van der Waals surface area contributed by atoms with Gasteiger partial charge in [0, 0.05) is 11.4 Å². The Morgan fingerprint density at radius 2 is 1.90 bits per heavy atom. The summed E-state index contributed by atoms with van der Waals surface area (Å²) in [5.41, 5.74) is 6.12. The smallest absolute Gasteiger partial charge is 0.279 e. The largest absolute Gasteiger partial charge is 0.478 e. The summed E-state index contributed by atoms with van der Waals surface area (Å²) in [5, 5.41) is 5.01. The monoisotopic (exact) mass is 399 g/mol. The summed E-state index contributed by atoms with van der Waals surface area (Å²) in [6, 6.07) is 7.57. The Morgan fingerprint density at radius 1 is 1.17 bits per heavy atom. The molecule has 3 rings (SSSR count). The third-order valence-electron chi connectivity index (χ3n) is 4.30. The molecule has 0 aliphatic rings. The fraction of sp³-hybridized carbons (Fsp3) is 0.300. The van der Waals surface area contributed by atoms with Crippen molar-refractivity contribution in [2.45, 2.75) is 39.8 Å². The lowest BCUT2D eigenvalue weighted by atomic mass is 10.1. The lowest BCUT2D eigenvalue weighted by molar-refractivity contribution is -0.128. The summed E-state index contributed by atoms with van der Waals surface area (Å²) in [4.78, 5) is 29.1. The average molecular weight is 399 g/mol. The van der Waals surface area contributed by atoms with Crippen LogP contribution in [0.2, 0.25) is 0 Å². The van der Waals surface area contributed by atoms with E-state index in [2.05, 4.69) is 20.9 Å². The SMILES string of the molecule is Cc1nc2c(cnn2C(C)C)cc1C(=O)NNC(=O)C(C)Oc1ccccc1F. The minimum Gasteiger partial charge on any atom is -0.478 e. The molecular weight excluding hydrogens is 377 g/mol. The van der Waals surface area contributed by atoms with E-state index < -0.39 is 23.7 Å². The number of hydrogen-bond donors (Lipinski definition) is 2. The molecule has 0 fully saturated rings. The summed E-state index contributed by atoms with van der Waals surface area (Å²) in [6.07, 6.45) is 0.625. The molecule has 0 aliphatic heterocycles. The van der Waals surface area contributed by atoms with E-state index in [0.717, 1.165) is 5.39 Å². The second-order valence-electron chi connectivity index (χ2n) is 6.85. The quantitative estimate of drug-likeness (QED) is 0.643. The van der Waals surface area contributed by atoms with E-state index in [0.29, 0.717) is 16.9 Å². The van der Waals surface area contributed by atoms with Gasteiger partial charge in [-0.3, -0.25) is 20.4 Å². The second-order valence-corrected chi connectivity index (χ2v) is 6.85. The van der Waals surface area contributed by atoms with Crippen LogP contribution in [0.25, 0.3) is 11.0 Å². The van der Waals surface area contributed by atoms with Gasteiger partial charge in [0.05, 0.1) is 17.5 Å². The molecule has 2 aromatic heterocycles. The highest BCUT2D eigenvalue weighted by Crippen LogP contribution is 2.19. The van der Waals surface area contributed by atoms with Crippen LogP contribution in [-0.2, 0) is 4.79 Å². The molecule has 3 aromatic rings. The number of nitrogens with one attached hydrogen (secondary N) is 2. The molecule has 0 radical (unpaired) electrons. The molecule has 0 bridgehead atoms. The molecule has 1 atom stereocenters. The molecule has 8 nitrogen and oxygen atoms in total. The van der Waals surface area contributed by atoms with Crippen molar-refractivity contribution in [3.63, 3.8) is 0 Å². The first-order valence-electron chi connectivity index (χ1n) is 9.14. The summed E-state index contributed by atoms with van der Waals surface area (Å²) >= 11 is 0. The van der Waals surface area contributed by atoms with Gasteiger partial charge >= 0.3 is 0 Å². The molecule has 2 amide bonds. The summed E-state index contributed by atoms with van der Waals surface area (Å²) < 4.78 is 20.7. The van der Waals surface area contributed by atoms with Crippen molar-refractivity contribution in [2.24, 2.45) is 0 Å². The number of amides is 2. The zero-order valence-electron chi connectivity index (χ0n) is 16.6. The number of carbonyl (C=O) groups excluding carboxylic acids is 2. The first kappa shape index (κ1) is 20.2. The van der Waals surface area contributed by atoms with E-state index >= 15 is 0 Å². The van der Waals surface area contributed by atoms with Gasteiger partial charge in [0.1, 0.15) is 0 Å². The number of hydrogen-bond acceptors (Lipinski definition) is 5. The van der Waals surface area contributed by atoms with Gasteiger partial charge < -0.3 is 4.74 Å². The number of aromatic nitrogens is 3. The van der Waals surface area contributed by atoms with Crippen molar-refractivity contribution in [3.05, 3.63) is 53.6 Å². The van der Waals surface area contributed by atoms with Crippen LogP contribution in [0.1, 0.15) is 42.9 Å². The molecule has 0 aliphatic carbocycles. The highest BCUT2D eigenvalue weighted by molar-refractivity contribution is 5.99. The first-order chi connectivity index (χ1) is 13.8. The zero-order valence-corrected chi connectivity index (χ0v) is 16.6. The Morgan fingerprint density at radius 3 is 2.59 bits per heavy atom. The third-order valence-corrected chi connectivity index (χ3v) is 4.30. The topological polar surface area (TPSA) is 98.1 Å². The number of para-hydroxylation sites is 1. The van der Waals surface area contributed by atoms with Crippen molar-refractivity contribution in [2.75, 3.05) is 0 Å². The van der Waals surface area contributed by atoms with E-state index in [1.165, 1.54) is 25.1 Å². The Labute approximate surface area is 167 Å². The maximum absolute atomic E-state index is 13.6. The van der Waals surface area contributed by atoms with E-state index in [-0.39, 0.29) is 11.8 Å². The van der Waals surface area contributed by atoms with Gasteiger partial charge in [-0.1, -0.05) is 12.1 Å². The number of ether oxygens (including phenoxy) is 1. The van der Waals surface area contributed by atoms with Crippen LogP contribution < -0.4 is 15.6 Å². The number of halogens is 1. The predicted molar refractivity (Wildman–Crippen MR) is 105 cm³/mol. The molecule has 1 aromatic carbocycles. The third kappa shape index (κ3) is 4.34. The molecule has 0 saturated heterocycles. The summed E-state index contributed by atoms with van der Waals surface area (Å²) in [7, 11) is 0. The molecule has 2 heterocycles. The highest BCUT2D eigenvalue weighted by Gasteiger charge is 2.19. The van der Waals surface area contributed by atoms with Crippen molar-refractivity contribution in [3.8, 4) is 5.75 Å². The molecule has 9 heteroatoms.